The predicted molar refractivity (Wildman–Crippen MR) is 109 cm³/mol. The summed E-state index contributed by atoms with van der Waals surface area (Å²) < 4.78 is 5.10. The molecule has 1 saturated heterocycles. The molecule has 2 aromatic carbocycles. The van der Waals surface area contributed by atoms with Crippen LogP contribution in [0.25, 0.3) is 0 Å². The Hall–Kier alpha value is -2.66. The Balaban J connectivity index is 1.36. The van der Waals surface area contributed by atoms with Gasteiger partial charge in [0.15, 0.2) is 5.78 Å². The second kappa shape index (κ2) is 10.0. The summed E-state index contributed by atoms with van der Waals surface area (Å²) in [5, 5.41) is 0. The zero-order valence-corrected chi connectivity index (χ0v) is 16.5. The first-order valence-corrected chi connectivity index (χ1v) is 9.87. The van der Waals surface area contributed by atoms with E-state index in [-0.39, 0.29) is 11.7 Å². The first-order chi connectivity index (χ1) is 13.7. The number of benzene rings is 2. The van der Waals surface area contributed by atoms with Gasteiger partial charge >= 0.3 is 0 Å². The predicted octanol–water partition coefficient (Wildman–Crippen LogP) is 3.39. The maximum absolute atomic E-state index is 12.4. The van der Waals surface area contributed by atoms with Crippen LogP contribution in [0.2, 0.25) is 0 Å². The van der Waals surface area contributed by atoms with E-state index in [4.69, 9.17) is 4.74 Å². The fourth-order valence-electron chi connectivity index (χ4n) is 3.48. The highest BCUT2D eigenvalue weighted by Gasteiger charge is 2.21. The smallest absolute Gasteiger partial charge is 0.222 e. The molecule has 5 heteroatoms. The largest absolute Gasteiger partial charge is 0.497 e. The van der Waals surface area contributed by atoms with Crippen molar-refractivity contribution in [3.63, 3.8) is 0 Å². The summed E-state index contributed by atoms with van der Waals surface area (Å²) >= 11 is 0. The molecule has 0 N–H and O–H groups in total. The lowest BCUT2D eigenvalue weighted by molar-refractivity contribution is -0.133. The molecule has 1 amide bonds. The van der Waals surface area contributed by atoms with E-state index in [9.17, 15) is 9.59 Å². The van der Waals surface area contributed by atoms with Crippen molar-refractivity contribution >= 4 is 11.7 Å². The van der Waals surface area contributed by atoms with Gasteiger partial charge in [-0.3, -0.25) is 14.5 Å². The van der Waals surface area contributed by atoms with Crippen molar-refractivity contribution in [3.8, 4) is 5.75 Å². The van der Waals surface area contributed by atoms with Crippen molar-refractivity contribution in [3.05, 3.63) is 65.7 Å². The Labute approximate surface area is 166 Å². The molecule has 28 heavy (non-hydrogen) atoms. The van der Waals surface area contributed by atoms with Crippen LogP contribution in [0.4, 0.5) is 0 Å². The Morgan fingerprint density at radius 1 is 0.893 bits per heavy atom. The second-order valence-corrected chi connectivity index (χ2v) is 7.15. The average Bonchev–Trinajstić information content (AvgIpc) is 2.75. The summed E-state index contributed by atoms with van der Waals surface area (Å²) in [6.07, 6.45) is 1.42. The lowest BCUT2D eigenvalue weighted by Gasteiger charge is -2.34. The van der Waals surface area contributed by atoms with E-state index in [0.717, 1.165) is 38.5 Å². The summed E-state index contributed by atoms with van der Waals surface area (Å²) in [5.41, 5.74) is 1.97. The SMILES string of the molecule is COc1ccc(C(=O)CCCC(=O)N2CCN(Cc3ccccc3)CC2)cc1. The third kappa shape index (κ3) is 5.67. The molecule has 0 unspecified atom stereocenters. The van der Waals surface area contributed by atoms with Gasteiger partial charge in [-0.2, -0.15) is 0 Å². The fraction of sp³-hybridized carbons (Fsp3) is 0.391. The van der Waals surface area contributed by atoms with E-state index in [0.29, 0.717) is 24.8 Å². The minimum atomic E-state index is 0.0723. The summed E-state index contributed by atoms with van der Waals surface area (Å²) in [7, 11) is 1.60. The molecule has 0 spiro atoms. The average molecular weight is 380 g/mol. The number of hydrogen-bond donors (Lipinski definition) is 0. The zero-order chi connectivity index (χ0) is 19.8. The van der Waals surface area contributed by atoms with Crippen LogP contribution < -0.4 is 4.74 Å². The highest BCUT2D eigenvalue weighted by atomic mass is 16.5. The van der Waals surface area contributed by atoms with Crippen molar-refractivity contribution in [2.75, 3.05) is 33.3 Å². The van der Waals surface area contributed by atoms with E-state index in [2.05, 4.69) is 29.2 Å². The maximum atomic E-state index is 12.4. The summed E-state index contributed by atoms with van der Waals surface area (Å²) in [6, 6.07) is 17.5. The molecule has 1 aliphatic rings. The molecule has 0 aromatic heterocycles. The normalized spacial score (nSPS) is 14.7. The molecular weight excluding hydrogens is 352 g/mol. The molecule has 3 rings (SSSR count). The molecular formula is C23H28N2O3. The second-order valence-electron chi connectivity index (χ2n) is 7.15. The summed E-state index contributed by atoms with van der Waals surface area (Å²) in [5.74, 6) is 0.961. The topological polar surface area (TPSA) is 49.9 Å². The molecule has 0 saturated carbocycles. The first kappa shape index (κ1) is 20.1. The molecule has 0 atom stereocenters. The number of piperazine rings is 1. The Morgan fingerprint density at radius 3 is 2.21 bits per heavy atom. The maximum Gasteiger partial charge on any atom is 0.222 e. The molecule has 5 nitrogen and oxygen atoms in total. The highest BCUT2D eigenvalue weighted by molar-refractivity contribution is 5.96. The van der Waals surface area contributed by atoms with Crippen LogP contribution >= 0.6 is 0 Å². The van der Waals surface area contributed by atoms with E-state index < -0.39 is 0 Å². The van der Waals surface area contributed by atoms with Crippen molar-refractivity contribution < 1.29 is 14.3 Å². The number of ketones is 1. The number of Topliss-reactive ketones (excluding diaryl/α,β-unsaturated/α-hetero) is 1. The summed E-state index contributed by atoms with van der Waals surface area (Å²) in [6.45, 7) is 4.24. The van der Waals surface area contributed by atoms with Crippen molar-refractivity contribution in [2.24, 2.45) is 0 Å². The number of amides is 1. The van der Waals surface area contributed by atoms with Crippen molar-refractivity contribution in [1.29, 1.82) is 0 Å². The fourth-order valence-corrected chi connectivity index (χ4v) is 3.48. The lowest BCUT2D eigenvalue weighted by Crippen LogP contribution is -2.48. The summed E-state index contributed by atoms with van der Waals surface area (Å²) in [4.78, 5) is 29.0. The van der Waals surface area contributed by atoms with Crippen LogP contribution in [0.1, 0.15) is 35.2 Å². The Kier molecular flexibility index (Phi) is 7.20. The van der Waals surface area contributed by atoms with Gasteiger partial charge in [-0.05, 0) is 36.2 Å². The third-order valence-electron chi connectivity index (χ3n) is 5.18. The molecule has 0 aliphatic carbocycles. The zero-order valence-electron chi connectivity index (χ0n) is 16.5. The van der Waals surface area contributed by atoms with Crippen LogP contribution in [0.5, 0.6) is 5.75 Å². The number of carbonyl (C=O) groups is 2. The van der Waals surface area contributed by atoms with Gasteiger partial charge in [0, 0.05) is 51.1 Å². The molecule has 0 bridgehead atoms. The molecule has 2 aromatic rings. The number of hydrogen-bond acceptors (Lipinski definition) is 4. The van der Waals surface area contributed by atoms with Crippen LogP contribution in [0.3, 0.4) is 0 Å². The van der Waals surface area contributed by atoms with Gasteiger partial charge in [0.1, 0.15) is 5.75 Å². The third-order valence-corrected chi connectivity index (χ3v) is 5.18. The Morgan fingerprint density at radius 2 is 1.57 bits per heavy atom. The molecule has 1 fully saturated rings. The van der Waals surface area contributed by atoms with Gasteiger partial charge < -0.3 is 9.64 Å². The van der Waals surface area contributed by atoms with Gasteiger partial charge in [-0.15, -0.1) is 0 Å². The molecule has 148 valence electrons. The van der Waals surface area contributed by atoms with Gasteiger partial charge in [-0.1, -0.05) is 30.3 Å². The van der Waals surface area contributed by atoms with E-state index in [1.54, 1.807) is 31.4 Å². The van der Waals surface area contributed by atoms with Gasteiger partial charge in [0.05, 0.1) is 7.11 Å². The Bertz CT molecular complexity index is 766. The quantitative estimate of drug-likeness (QED) is 0.659. The van der Waals surface area contributed by atoms with Crippen LogP contribution in [0.15, 0.2) is 54.6 Å². The van der Waals surface area contributed by atoms with E-state index in [1.807, 2.05) is 11.0 Å². The van der Waals surface area contributed by atoms with E-state index >= 15 is 0 Å². The van der Waals surface area contributed by atoms with Gasteiger partial charge in [-0.25, -0.2) is 0 Å². The van der Waals surface area contributed by atoms with Gasteiger partial charge in [0.2, 0.25) is 5.91 Å². The standard InChI is InChI=1S/C23H28N2O3/c1-28-21-12-10-20(11-13-21)22(26)8-5-9-23(27)25-16-14-24(15-17-25)18-19-6-3-2-4-7-19/h2-4,6-7,10-13H,5,8-9,14-18H2,1H3. The molecule has 1 aliphatic heterocycles. The van der Waals surface area contributed by atoms with Crippen molar-refractivity contribution in [2.45, 2.75) is 25.8 Å². The monoisotopic (exact) mass is 380 g/mol. The first-order valence-electron chi connectivity index (χ1n) is 9.87. The molecule has 0 radical (unpaired) electrons. The highest BCUT2D eigenvalue weighted by Crippen LogP contribution is 2.15. The van der Waals surface area contributed by atoms with Crippen LogP contribution in [0, 0.1) is 0 Å². The number of methoxy groups -OCH3 is 1. The van der Waals surface area contributed by atoms with Crippen LogP contribution in [-0.2, 0) is 11.3 Å². The lowest BCUT2D eigenvalue weighted by atomic mass is 10.0. The number of ether oxygens (including phenoxy) is 1. The van der Waals surface area contributed by atoms with Crippen molar-refractivity contribution in [1.82, 2.24) is 9.80 Å². The number of rotatable bonds is 8. The number of nitrogens with zero attached hydrogens (tertiary/aromatic N) is 2. The van der Waals surface area contributed by atoms with E-state index in [1.165, 1.54) is 5.56 Å². The van der Waals surface area contributed by atoms with Gasteiger partial charge in [0.25, 0.3) is 0 Å². The minimum absolute atomic E-state index is 0.0723. The minimum Gasteiger partial charge on any atom is -0.497 e. The number of carbonyl (C=O) groups excluding carboxylic acids is 2. The van der Waals surface area contributed by atoms with Crippen LogP contribution in [-0.4, -0.2) is 54.8 Å². The molecule has 1 heterocycles.